The maximum absolute atomic E-state index is 11.8. The van der Waals surface area contributed by atoms with Crippen molar-refractivity contribution < 1.29 is 14.3 Å². The van der Waals surface area contributed by atoms with Crippen LogP contribution in [0.1, 0.15) is 13.3 Å². The van der Waals surface area contributed by atoms with E-state index in [0.29, 0.717) is 19.2 Å². The highest BCUT2D eigenvalue weighted by molar-refractivity contribution is 5.95. The van der Waals surface area contributed by atoms with Crippen LogP contribution in [-0.2, 0) is 9.53 Å². The molecule has 1 saturated heterocycles. The highest BCUT2D eigenvalue weighted by atomic mass is 16.5. The Kier molecular flexibility index (Phi) is 7.39. The predicted molar refractivity (Wildman–Crippen MR) is 71.9 cm³/mol. The van der Waals surface area contributed by atoms with E-state index >= 15 is 0 Å². The first-order valence-corrected chi connectivity index (χ1v) is 6.68. The van der Waals surface area contributed by atoms with Crippen LogP contribution in [0.15, 0.2) is 0 Å². The normalized spacial score (nSPS) is 15.1. The molecule has 0 aromatic heterocycles. The van der Waals surface area contributed by atoms with E-state index in [4.69, 9.17) is 4.74 Å². The van der Waals surface area contributed by atoms with Crippen molar-refractivity contribution in [3.63, 3.8) is 0 Å². The molecule has 110 valence electrons. The minimum atomic E-state index is -0.467. The highest BCUT2D eigenvalue weighted by Crippen LogP contribution is 2.05. The standard InChI is InChI=1S/C12H24N4O3/c1-3-5-16(10-7-13-8-10)9-11(17)15-12(18)14-4-6-19-2/h10,13H,3-9H2,1-2H3,(H2,14,15,17,18). The zero-order valence-corrected chi connectivity index (χ0v) is 11.7. The average Bonchev–Trinajstić information content (AvgIpc) is 2.27. The van der Waals surface area contributed by atoms with Crippen LogP contribution in [0.25, 0.3) is 0 Å². The van der Waals surface area contributed by atoms with Gasteiger partial charge in [0.15, 0.2) is 0 Å². The van der Waals surface area contributed by atoms with Crippen LogP contribution >= 0.6 is 0 Å². The van der Waals surface area contributed by atoms with Crippen molar-refractivity contribution in [1.29, 1.82) is 0 Å². The fourth-order valence-corrected chi connectivity index (χ4v) is 1.87. The second kappa shape index (κ2) is 8.84. The third-order valence-corrected chi connectivity index (χ3v) is 2.98. The Labute approximate surface area is 114 Å². The van der Waals surface area contributed by atoms with Gasteiger partial charge in [-0.25, -0.2) is 4.79 Å². The van der Waals surface area contributed by atoms with Gasteiger partial charge in [-0.15, -0.1) is 0 Å². The summed E-state index contributed by atoms with van der Waals surface area (Å²) >= 11 is 0. The highest BCUT2D eigenvalue weighted by Gasteiger charge is 2.25. The van der Waals surface area contributed by atoms with E-state index in [2.05, 4.69) is 27.8 Å². The SMILES string of the molecule is CCCN(CC(=O)NC(=O)NCCOC)C1CNC1. The molecule has 7 heteroatoms. The van der Waals surface area contributed by atoms with Crippen LogP contribution in [0.3, 0.4) is 0 Å². The third kappa shape index (κ3) is 6.00. The van der Waals surface area contributed by atoms with Gasteiger partial charge < -0.3 is 15.4 Å². The van der Waals surface area contributed by atoms with Gasteiger partial charge in [0.2, 0.25) is 5.91 Å². The summed E-state index contributed by atoms with van der Waals surface area (Å²) in [7, 11) is 1.56. The summed E-state index contributed by atoms with van der Waals surface area (Å²) in [6, 6.07) is -0.0625. The Balaban J connectivity index is 2.25. The molecule has 0 spiro atoms. The minimum absolute atomic E-state index is 0.262. The lowest BCUT2D eigenvalue weighted by Gasteiger charge is -2.37. The number of ether oxygens (including phenoxy) is 1. The Morgan fingerprint density at radius 3 is 2.68 bits per heavy atom. The number of nitrogens with zero attached hydrogens (tertiary/aromatic N) is 1. The molecular formula is C12H24N4O3. The van der Waals surface area contributed by atoms with Crippen molar-refractivity contribution in [3.05, 3.63) is 0 Å². The monoisotopic (exact) mass is 272 g/mol. The first kappa shape index (κ1) is 15.9. The van der Waals surface area contributed by atoms with Crippen molar-refractivity contribution in [2.24, 2.45) is 0 Å². The van der Waals surface area contributed by atoms with E-state index in [1.54, 1.807) is 7.11 Å². The number of imide groups is 1. The number of carbonyl (C=O) groups is 2. The summed E-state index contributed by atoms with van der Waals surface area (Å²) in [6.45, 7) is 5.84. The molecule has 1 rings (SSSR count). The summed E-state index contributed by atoms with van der Waals surface area (Å²) in [5, 5.41) is 8.06. The second-order valence-electron chi connectivity index (χ2n) is 4.58. The van der Waals surface area contributed by atoms with Crippen LogP contribution in [0, 0.1) is 0 Å². The molecule has 7 nitrogen and oxygen atoms in total. The number of methoxy groups -OCH3 is 1. The number of nitrogens with one attached hydrogen (secondary N) is 3. The fraction of sp³-hybridized carbons (Fsp3) is 0.833. The maximum atomic E-state index is 11.8. The van der Waals surface area contributed by atoms with Crippen LogP contribution in [0.4, 0.5) is 4.79 Å². The van der Waals surface area contributed by atoms with E-state index in [-0.39, 0.29) is 12.5 Å². The van der Waals surface area contributed by atoms with Crippen molar-refractivity contribution in [2.75, 3.05) is 46.4 Å². The molecule has 0 bridgehead atoms. The summed E-state index contributed by atoms with van der Waals surface area (Å²) in [4.78, 5) is 25.2. The van der Waals surface area contributed by atoms with Crippen LogP contribution in [0.2, 0.25) is 0 Å². The van der Waals surface area contributed by atoms with Crippen LogP contribution in [-0.4, -0.2) is 69.3 Å². The first-order valence-electron chi connectivity index (χ1n) is 6.68. The molecule has 0 saturated carbocycles. The number of hydrogen-bond donors (Lipinski definition) is 3. The molecule has 1 heterocycles. The summed E-state index contributed by atoms with van der Waals surface area (Å²) in [5.41, 5.74) is 0. The van der Waals surface area contributed by atoms with Gasteiger partial charge in [0, 0.05) is 32.8 Å². The van der Waals surface area contributed by atoms with Crippen LogP contribution < -0.4 is 16.0 Å². The van der Waals surface area contributed by atoms with Gasteiger partial charge in [0.1, 0.15) is 0 Å². The molecule has 0 unspecified atom stereocenters. The Bertz CT molecular complexity index is 295. The molecule has 0 atom stereocenters. The third-order valence-electron chi connectivity index (χ3n) is 2.98. The van der Waals surface area contributed by atoms with Crippen molar-refractivity contribution in [3.8, 4) is 0 Å². The molecule has 0 aromatic rings. The van der Waals surface area contributed by atoms with E-state index < -0.39 is 6.03 Å². The molecule has 19 heavy (non-hydrogen) atoms. The number of urea groups is 1. The first-order chi connectivity index (χ1) is 9.17. The predicted octanol–water partition coefficient (Wildman–Crippen LogP) is -0.858. The molecule has 0 aliphatic carbocycles. The summed E-state index contributed by atoms with van der Waals surface area (Å²) in [6.07, 6.45) is 0.990. The molecule has 0 aromatic carbocycles. The smallest absolute Gasteiger partial charge is 0.321 e. The quantitative estimate of drug-likeness (QED) is 0.501. The zero-order chi connectivity index (χ0) is 14.1. The minimum Gasteiger partial charge on any atom is -0.383 e. The molecule has 1 aliphatic rings. The van der Waals surface area contributed by atoms with Gasteiger partial charge in [-0.3, -0.25) is 15.0 Å². The van der Waals surface area contributed by atoms with Gasteiger partial charge in [0.05, 0.1) is 13.2 Å². The van der Waals surface area contributed by atoms with E-state index in [1.165, 1.54) is 0 Å². The topological polar surface area (TPSA) is 82.7 Å². The van der Waals surface area contributed by atoms with Crippen molar-refractivity contribution in [1.82, 2.24) is 20.9 Å². The number of hydrogen-bond acceptors (Lipinski definition) is 5. The molecule has 1 fully saturated rings. The molecule has 3 amide bonds. The molecule has 0 radical (unpaired) electrons. The van der Waals surface area contributed by atoms with Gasteiger partial charge in [-0.05, 0) is 13.0 Å². The summed E-state index contributed by atoms with van der Waals surface area (Å²) in [5.74, 6) is -0.268. The lowest BCUT2D eigenvalue weighted by Crippen LogP contribution is -2.59. The summed E-state index contributed by atoms with van der Waals surface area (Å²) < 4.78 is 4.80. The zero-order valence-electron chi connectivity index (χ0n) is 11.7. The average molecular weight is 272 g/mol. The Morgan fingerprint density at radius 1 is 1.42 bits per heavy atom. The lowest BCUT2D eigenvalue weighted by molar-refractivity contribution is -0.122. The molecule has 1 aliphatic heterocycles. The van der Waals surface area contributed by atoms with Crippen molar-refractivity contribution >= 4 is 11.9 Å². The number of carbonyl (C=O) groups excluding carboxylic acids is 2. The van der Waals surface area contributed by atoms with E-state index in [1.807, 2.05) is 0 Å². The fourth-order valence-electron chi connectivity index (χ4n) is 1.87. The van der Waals surface area contributed by atoms with Gasteiger partial charge in [-0.1, -0.05) is 6.92 Å². The van der Waals surface area contributed by atoms with Gasteiger partial charge >= 0.3 is 6.03 Å². The lowest BCUT2D eigenvalue weighted by atomic mass is 10.1. The van der Waals surface area contributed by atoms with Gasteiger partial charge in [-0.2, -0.15) is 0 Å². The molecule has 3 N–H and O–H groups in total. The largest absolute Gasteiger partial charge is 0.383 e. The van der Waals surface area contributed by atoms with E-state index in [9.17, 15) is 9.59 Å². The second-order valence-corrected chi connectivity index (χ2v) is 4.58. The Hall–Kier alpha value is -1.18. The number of amides is 3. The molecular weight excluding hydrogens is 248 g/mol. The van der Waals surface area contributed by atoms with Crippen LogP contribution in [0.5, 0.6) is 0 Å². The van der Waals surface area contributed by atoms with Gasteiger partial charge in [0.25, 0.3) is 0 Å². The maximum Gasteiger partial charge on any atom is 0.321 e. The Morgan fingerprint density at radius 2 is 2.16 bits per heavy atom. The van der Waals surface area contributed by atoms with Crippen molar-refractivity contribution in [2.45, 2.75) is 19.4 Å². The number of rotatable bonds is 8. The van der Waals surface area contributed by atoms with E-state index in [0.717, 1.165) is 26.1 Å².